The van der Waals surface area contributed by atoms with Crippen LogP contribution >= 0.6 is 0 Å². The summed E-state index contributed by atoms with van der Waals surface area (Å²) in [5.41, 5.74) is 0.655. The quantitative estimate of drug-likeness (QED) is 0.799. The van der Waals surface area contributed by atoms with Crippen molar-refractivity contribution in [3.05, 3.63) is 47.8 Å². The van der Waals surface area contributed by atoms with Crippen LogP contribution in [0.15, 0.2) is 36.4 Å². The number of benzene rings is 1. The molecule has 9 heteroatoms. The minimum Gasteiger partial charge on any atom is -0.487 e. The lowest BCUT2D eigenvalue weighted by atomic mass is 9.95. The Hall–Kier alpha value is -2.55. The summed E-state index contributed by atoms with van der Waals surface area (Å²) in [4.78, 5) is 13.6. The van der Waals surface area contributed by atoms with Crippen molar-refractivity contribution in [3.63, 3.8) is 0 Å². The van der Waals surface area contributed by atoms with Crippen molar-refractivity contribution in [2.45, 2.75) is 25.4 Å². The minimum absolute atomic E-state index is 0.0172. The molecule has 1 aromatic heterocycles. The summed E-state index contributed by atoms with van der Waals surface area (Å²) in [5, 5.41) is 4.29. The van der Waals surface area contributed by atoms with E-state index in [1.54, 1.807) is 12.1 Å². The first-order valence-corrected chi connectivity index (χ1v) is 8.63. The van der Waals surface area contributed by atoms with Gasteiger partial charge in [-0.15, -0.1) is 0 Å². The van der Waals surface area contributed by atoms with Gasteiger partial charge in [-0.05, 0) is 18.2 Å². The molecule has 2 aliphatic rings. The van der Waals surface area contributed by atoms with Gasteiger partial charge in [0.25, 0.3) is 5.91 Å². The monoisotopic (exact) mass is 381 g/mol. The van der Waals surface area contributed by atoms with Crippen LogP contribution in [0.3, 0.4) is 0 Å². The van der Waals surface area contributed by atoms with Crippen LogP contribution < -0.4 is 4.74 Å². The van der Waals surface area contributed by atoms with Gasteiger partial charge in [-0.2, -0.15) is 18.3 Å². The van der Waals surface area contributed by atoms with Crippen molar-refractivity contribution in [3.8, 4) is 5.75 Å². The normalized spacial score (nSPS) is 18.8. The number of ether oxygens (including phenoxy) is 2. The summed E-state index contributed by atoms with van der Waals surface area (Å²) in [5.74, 6) is -0.725. The van der Waals surface area contributed by atoms with Gasteiger partial charge in [-0.3, -0.25) is 9.48 Å². The van der Waals surface area contributed by atoms with Crippen LogP contribution in [0.25, 0.3) is 0 Å². The van der Waals surface area contributed by atoms with E-state index in [0.717, 1.165) is 4.90 Å². The van der Waals surface area contributed by atoms with Gasteiger partial charge in [-0.25, -0.2) is 0 Å². The second kappa shape index (κ2) is 6.88. The Kier molecular flexibility index (Phi) is 4.55. The maximum absolute atomic E-state index is 13.5. The fraction of sp³-hybridized carbons (Fsp3) is 0.444. The molecule has 0 aliphatic carbocycles. The van der Waals surface area contributed by atoms with E-state index in [4.69, 9.17) is 9.47 Å². The van der Waals surface area contributed by atoms with E-state index in [9.17, 15) is 18.0 Å². The predicted octanol–water partition coefficient (Wildman–Crippen LogP) is 2.50. The van der Waals surface area contributed by atoms with Gasteiger partial charge in [0.2, 0.25) is 0 Å². The molecule has 2 aliphatic heterocycles. The number of para-hydroxylation sites is 1. The van der Waals surface area contributed by atoms with Crippen molar-refractivity contribution >= 4 is 5.91 Å². The lowest BCUT2D eigenvalue weighted by molar-refractivity contribution is -0.219. The Morgan fingerprint density at radius 2 is 1.96 bits per heavy atom. The summed E-state index contributed by atoms with van der Waals surface area (Å²) in [6, 6.07) is 8.77. The number of carbonyl (C=O) groups excluding carboxylic acids is 1. The number of fused-ring (bicyclic) bond motifs is 1. The number of amides is 1. The molecular weight excluding hydrogens is 363 g/mol. The van der Waals surface area contributed by atoms with Gasteiger partial charge in [-0.1, -0.05) is 18.2 Å². The van der Waals surface area contributed by atoms with Crippen LogP contribution in [-0.2, 0) is 17.9 Å². The second-order valence-corrected chi connectivity index (χ2v) is 6.63. The van der Waals surface area contributed by atoms with Crippen LogP contribution in [0.4, 0.5) is 13.2 Å². The third-order valence-corrected chi connectivity index (χ3v) is 4.77. The van der Waals surface area contributed by atoms with Crippen LogP contribution in [0.1, 0.15) is 16.2 Å². The number of carbonyl (C=O) groups is 1. The molecule has 1 aromatic carbocycles. The smallest absolute Gasteiger partial charge is 0.409 e. The zero-order valence-corrected chi connectivity index (χ0v) is 14.4. The molecule has 27 heavy (non-hydrogen) atoms. The minimum atomic E-state index is -4.49. The van der Waals surface area contributed by atoms with Gasteiger partial charge in [0, 0.05) is 12.5 Å². The Morgan fingerprint density at radius 3 is 2.59 bits per heavy atom. The van der Waals surface area contributed by atoms with Gasteiger partial charge >= 0.3 is 6.18 Å². The Balaban J connectivity index is 1.51. The molecule has 0 saturated carbocycles. The zero-order chi connectivity index (χ0) is 19.0. The predicted molar refractivity (Wildman–Crippen MR) is 88.2 cm³/mol. The van der Waals surface area contributed by atoms with E-state index in [1.165, 1.54) is 10.7 Å². The number of halogens is 3. The molecule has 1 atom stereocenters. The summed E-state index contributed by atoms with van der Waals surface area (Å²) < 4.78 is 52.6. The number of rotatable bonds is 5. The third-order valence-electron chi connectivity index (χ3n) is 4.77. The van der Waals surface area contributed by atoms with E-state index in [2.05, 4.69) is 5.10 Å². The number of hydrogen-bond donors (Lipinski definition) is 0. The van der Waals surface area contributed by atoms with E-state index in [-0.39, 0.29) is 38.6 Å². The Labute approximate surface area is 153 Å². The summed E-state index contributed by atoms with van der Waals surface area (Å²) in [6.45, 7) is 0.350. The SMILES string of the molecule is O=C1c2cc(COc3ccccc3)nn2CCN1[C@H](C1COC1)C(F)(F)F. The highest BCUT2D eigenvalue weighted by Gasteiger charge is 2.53. The van der Waals surface area contributed by atoms with Crippen molar-refractivity contribution in [2.24, 2.45) is 5.92 Å². The van der Waals surface area contributed by atoms with Crippen LogP contribution in [0, 0.1) is 5.92 Å². The number of nitrogens with zero attached hydrogens (tertiary/aromatic N) is 3. The highest BCUT2D eigenvalue weighted by atomic mass is 19.4. The number of alkyl halides is 3. The lowest BCUT2D eigenvalue weighted by Crippen LogP contribution is -2.59. The molecule has 0 N–H and O–H groups in total. The Morgan fingerprint density at radius 1 is 1.22 bits per heavy atom. The van der Waals surface area contributed by atoms with E-state index in [1.807, 2.05) is 18.2 Å². The first-order valence-electron chi connectivity index (χ1n) is 8.63. The zero-order valence-electron chi connectivity index (χ0n) is 14.4. The summed E-state index contributed by atoms with van der Waals surface area (Å²) in [6.07, 6.45) is -4.49. The summed E-state index contributed by atoms with van der Waals surface area (Å²) >= 11 is 0. The molecule has 144 valence electrons. The van der Waals surface area contributed by atoms with Crippen LogP contribution in [0.5, 0.6) is 5.75 Å². The van der Waals surface area contributed by atoms with Crippen molar-refractivity contribution < 1.29 is 27.4 Å². The molecule has 0 unspecified atom stereocenters. The highest BCUT2D eigenvalue weighted by molar-refractivity contribution is 5.93. The van der Waals surface area contributed by atoms with Crippen molar-refractivity contribution in [1.29, 1.82) is 0 Å². The fourth-order valence-corrected chi connectivity index (χ4v) is 3.41. The molecule has 0 radical (unpaired) electrons. The Bertz CT molecular complexity index is 818. The number of aromatic nitrogens is 2. The fourth-order valence-electron chi connectivity index (χ4n) is 3.41. The molecule has 1 saturated heterocycles. The second-order valence-electron chi connectivity index (χ2n) is 6.63. The van der Waals surface area contributed by atoms with E-state index < -0.39 is 24.0 Å². The molecule has 2 aromatic rings. The molecule has 4 rings (SSSR count). The molecule has 0 bridgehead atoms. The molecule has 6 nitrogen and oxygen atoms in total. The third kappa shape index (κ3) is 3.51. The van der Waals surface area contributed by atoms with Gasteiger partial charge in [0.1, 0.15) is 29.8 Å². The first kappa shape index (κ1) is 17.8. The van der Waals surface area contributed by atoms with Gasteiger partial charge < -0.3 is 14.4 Å². The lowest BCUT2D eigenvalue weighted by Gasteiger charge is -2.42. The maximum Gasteiger partial charge on any atom is 0.409 e. The van der Waals surface area contributed by atoms with Crippen molar-refractivity contribution in [2.75, 3.05) is 19.8 Å². The number of hydrogen-bond acceptors (Lipinski definition) is 4. The standard InChI is InChI=1S/C18H18F3N3O3/c19-18(20,21)16(12-9-26-10-12)23-6-7-24-15(17(23)25)8-13(22-24)11-27-14-4-2-1-3-5-14/h1-5,8,12,16H,6-7,9-11H2/t16-/m1/s1. The molecule has 1 fully saturated rings. The van der Waals surface area contributed by atoms with Crippen LogP contribution in [0.2, 0.25) is 0 Å². The molecule has 1 amide bonds. The van der Waals surface area contributed by atoms with Crippen molar-refractivity contribution in [1.82, 2.24) is 14.7 Å². The van der Waals surface area contributed by atoms with Crippen LogP contribution in [-0.4, -0.2) is 52.6 Å². The molecule has 3 heterocycles. The molecule has 0 spiro atoms. The summed E-state index contributed by atoms with van der Waals surface area (Å²) in [7, 11) is 0. The topological polar surface area (TPSA) is 56.6 Å². The average molecular weight is 381 g/mol. The molecular formula is C18H18F3N3O3. The largest absolute Gasteiger partial charge is 0.487 e. The van der Waals surface area contributed by atoms with E-state index >= 15 is 0 Å². The highest BCUT2D eigenvalue weighted by Crippen LogP contribution is 2.35. The maximum atomic E-state index is 13.5. The van der Waals surface area contributed by atoms with Gasteiger partial charge in [0.15, 0.2) is 0 Å². The average Bonchev–Trinajstić information content (AvgIpc) is 3.01. The van der Waals surface area contributed by atoms with Gasteiger partial charge in [0.05, 0.1) is 19.8 Å². The van der Waals surface area contributed by atoms with E-state index in [0.29, 0.717) is 11.4 Å². The first-order chi connectivity index (χ1) is 12.9.